The summed E-state index contributed by atoms with van der Waals surface area (Å²) >= 11 is 0. The molecule has 5 nitrogen and oxygen atoms in total. The zero-order chi connectivity index (χ0) is 11.5. The molecule has 0 heterocycles. The molecule has 1 atom stereocenters. The summed E-state index contributed by atoms with van der Waals surface area (Å²) in [6, 6.07) is 0. The number of rotatable bonds is 9. The third-order valence-electron chi connectivity index (χ3n) is 1.79. The molecule has 1 unspecified atom stereocenters. The molecule has 0 aromatic rings. The van der Waals surface area contributed by atoms with Gasteiger partial charge in [-0.05, 0) is 13.3 Å². The molecule has 0 saturated carbocycles. The fourth-order valence-corrected chi connectivity index (χ4v) is 1.12. The van der Waals surface area contributed by atoms with E-state index in [9.17, 15) is 4.79 Å². The Hall–Kier alpha value is -0.810. The molecular weight excluding hydrogens is 200 g/mol. The van der Waals surface area contributed by atoms with E-state index in [1.807, 2.05) is 13.8 Å². The van der Waals surface area contributed by atoms with Gasteiger partial charge in [0.15, 0.2) is 0 Å². The summed E-state index contributed by atoms with van der Waals surface area (Å²) in [6.07, 6.45) is 0.304. The van der Waals surface area contributed by atoms with Gasteiger partial charge in [0.2, 0.25) is 0 Å². The fraction of sp³-hybridized carbons (Fsp3) is 0.900. The topological polar surface area (TPSA) is 65.0 Å². The smallest absolute Gasteiger partial charge is 0.450 e. The van der Waals surface area contributed by atoms with Crippen LogP contribution < -0.4 is 0 Å². The molecule has 0 amide bonds. The van der Waals surface area contributed by atoms with Crippen molar-refractivity contribution in [3.8, 4) is 0 Å². The van der Waals surface area contributed by atoms with Gasteiger partial charge in [-0.2, -0.15) is 0 Å². The number of hydrogen-bond donors (Lipinski definition) is 1. The Morgan fingerprint density at radius 1 is 1.33 bits per heavy atom. The Morgan fingerprint density at radius 2 is 2.07 bits per heavy atom. The highest BCUT2D eigenvalue weighted by atomic mass is 16.7. The summed E-state index contributed by atoms with van der Waals surface area (Å²) in [5.41, 5.74) is 0. The van der Waals surface area contributed by atoms with Gasteiger partial charge in [-0.1, -0.05) is 13.3 Å². The third-order valence-corrected chi connectivity index (χ3v) is 1.79. The maximum absolute atomic E-state index is 10.2. The molecule has 0 radical (unpaired) electrons. The van der Waals surface area contributed by atoms with E-state index in [1.54, 1.807) is 0 Å². The van der Waals surface area contributed by atoms with Crippen LogP contribution in [0.1, 0.15) is 26.7 Å². The van der Waals surface area contributed by atoms with Gasteiger partial charge in [-0.3, -0.25) is 0 Å². The summed E-state index contributed by atoms with van der Waals surface area (Å²) in [5.74, 6) is 0. The predicted molar refractivity (Wildman–Crippen MR) is 55.1 cm³/mol. The first-order valence-electron chi connectivity index (χ1n) is 5.25. The molecule has 5 heteroatoms. The molecule has 0 aliphatic heterocycles. The minimum absolute atomic E-state index is 0.0926. The Bertz CT molecular complexity index is 160. The molecule has 0 aromatic carbocycles. The Balaban J connectivity index is 3.57. The van der Waals surface area contributed by atoms with Crippen LogP contribution in [0.5, 0.6) is 0 Å². The van der Waals surface area contributed by atoms with Crippen LogP contribution in [0.25, 0.3) is 0 Å². The van der Waals surface area contributed by atoms with Crippen LogP contribution >= 0.6 is 0 Å². The van der Waals surface area contributed by atoms with Gasteiger partial charge in [0.25, 0.3) is 0 Å². The van der Waals surface area contributed by atoms with Gasteiger partial charge in [0, 0.05) is 6.61 Å². The van der Waals surface area contributed by atoms with Gasteiger partial charge in [-0.15, -0.1) is 0 Å². The normalized spacial score (nSPS) is 12.4. The van der Waals surface area contributed by atoms with Crippen LogP contribution in [0.15, 0.2) is 0 Å². The van der Waals surface area contributed by atoms with Crippen LogP contribution in [-0.4, -0.2) is 43.8 Å². The lowest BCUT2D eigenvalue weighted by molar-refractivity contribution is -0.0319. The SMILES string of the molecule is CCCC(COC(=O)O)OCCOCC. The average molecular weight is 220 g/mol. The highest BCUT2D eigenvalue weighted by molar-refractivity contribution is 5.56. The quantitative estimate of drug-likeness (QED) is 0.475. The first-order valence-corrected chi connectivity index (χ1v) is 5.25. The minimum Gasteiger partial charge on any atom is -0.450 e. The molecule has 0 aromatic heterocycles. The van der Waals surface area contributed by atoms with Gasteiger partial charge >= 0.3 is 6.16 Å². The van der Waals surface area contributed by atoms with E-state index in [0.717, 1.165) is 12.8 Å². The fourth-order valence-electron chi connectivity index (χ4n) is 1.12. The van der Waals surface area contributed by atoms with E-state index in [0.29, 0.717) is 19.8 Å². The van der Waals surface area contributed by atoms with Crippen molar-refractivity contribution < 1.29 is 24.1 Å². The second-order valence-corrected chi connectivity index (χ2v) is 3.06. The number of ether oxygens (including phenoxy) is 3. The lowest BCUT2D eigenvalue weighted by Gasteiger charge is -2.16. The number of carboxylic acid groups (broad SMARTS) is 1. The van der Waals surface area contributed by atoms with E-state index in [2.05, 4.69) is 4.74 Å². The third kappa shape index (κ3) is 9.49. The molecule has 90 valence electrons. The Labute approximate surface area is 90.3 Å². The minimum atomic E-state index is -1.26. The Kier molecular flexibility index (Phi) is 9.21. The lowest BCUT2D eigenvalue weighted by atomic mass is 10.2. The van der Waals surface area contributed by atoms with Crippen molar-refractivity contribution >= 4 is 6.16 Å². The molecule has 0 rings (SSSR count). The molecule has 0 aliphatic rings. The zero-order valence-corrected chi connectivity index (χ0v) is 9.40. The van der Waals surface area contributed by atoms with Gasteiger partial charge < -0.3 is 19.3 Å². The molecule has 1 N–H and O–H groups in total. The monoisotopic (exact) mass is 220 g/mol. The van der Waals surface area contributed by atoms with Crippen LogP contribution in [0.2, 0.25) is 0 Å². The zero-order valence-electron chi connectivity index (χ0n) is 9.40. The molecule has 0 aliphatic carbocycles. The van der Waals surface area contributed by atoms with Gasteiger partial charge in [-0.25, -0.2) is 4.79 Å². The van der Waals surface area contributed by atoms with Crippen molar-refractivity contribution in [1.29, 1.82) is 0 Å². The van der Waals surface area contributed by atoms with Gasteiger partial charge in [0.05, 0.1) is 19.3 Å². The second-order valence-electron chi connectivity index (χ2n) is 3.06. The first-order chi connectivity index (χ1) is 7.20. The summed E-state index contributed by atoms with van der Waals surface area (Å²) in [5, 5.41) is 8.34. The summed E-state index contributed by atoms with van der Waals surface area (Å²) < 4.78 is 15.0. The molecule has 15 heavy (non-hydrogen) atoms. The second kappa shape index (κ2) is 9.73. The lowest BCUT2D eigenvalue weighted by Crippen LogP contribution is -2.23. The Morgan fingerprint density at radius 3 is 2.60 bits per heavy atom. The maximum Gasteiger partial charge on any atom is 0.505 e. The van der Waals surface area contributed by atoms with Crippen molar-refractivity contribution in [3.63, 3.8) is 0 Å². The standard InChI is InChI=1S/C10H20O5/c1-3-5-9(8-15-10(11)12)14-7-6-13-4-2/h9H,3-8H2,1-2H3,(H,11,12). The van der Waals surface area contributed by atoms with E-state index >= 15 is 0 Å². The van der Waals surface area contributed by atoms with Crippen LogP contribution in [0, 0.1) is 0 Å². The molecule has 0 bridgehead atoms. The van der Waals surface area contributed by atoms with E-state index < -0.39 is 6.16 Å². The maximum atomic E-state index is 10.2. The number of carbonyl (C=O) groups is 1. The number of hydrogen-bond acceptors (Lipinski definition) is 4. The van der Waals surface area contributed by atoms with Crippen molar-refractivity contribution in [2.75, 3.05) is 26.4 Å². The average Bonchev–Trinajstić information content (AvgIpc) is 2.20. The van der Waals surface area contributed by atoms with Crippen molar-refractivity contribution in [1.82, 2.24) is 0 Å². The van der Waals surface area contributed by atoms with Crippen molar-refractivity contribution in [3.05, 3.63) is 0 Å². The van der Waals surface area contributed by atoms with E-state index in [-0.39, 0.29) is 12.7 Å². The molecule has 0 fully saturated rings. The van der Waals surface area contributed by atoms with Crippen molar-refractivity contribution in [2.45, 2.75) is 32.8 Å². The molecule has 0 saturated heterocycles. The van der Waals surface area contributed by atoms with Crippen LogP contribution in [0.3, 0.4) is 0 Å². The van der Waals surface area contributed by atoms with Crippen LogP contribution in [0.4, 0.5) is 4.79 Å². The van der Waals surface area contributed by atoms with Crippen LogP contribution in [-0.2, 0) is 14.2 Å². The molecular formula is C10H20O5. The van der Waals surface area contributed by atoms with E-state index in [1.165, 1.54) is 0 Å². The summed E-state index contributed by atoms with van der Waals surface area (Å²) in [4.78, 5) is 10.2. The summed E-state index contributed by atoms with van der Waals surface area (Å²) in [7, 11) is 0. The highest BCUT2D eigenvalue weighted by Gasteiger charge is 2.10. The van der Waals surface area contributed by atoms with Gasteiger partial charge in [0.1, 0.15) is 6.61 Å². The largest absolute Gasteiger partial charge is 0.505 e. The van der Waals surface area contributed by atoms with E-state index in [4.69, 9.17) is 14.6 Å². The first kappa shape index (κ1) is 14.2. The molecule has 0 spiro atoms. The summed E-state index contributed by atoms with van der Waals surface area (Å²) in [6.45, 7) is 5.69. The predicted octanol–water partition coefficient (Wildman–Crippen LogP) is 1.90. The van der Waals surface area contributed by atoms with Crippen molar-refractivity contribution in [2.24, 2.45) is 0 Å². The highest BCUT2D eigenvalue weighted by Crippen LogP contribution is 2.03.